The van der Waals surface area contributed by atoms with Crippen LogP contribution in [-0.2, 0) is 21.4 Å². The molecule has 3 rings (SSSR count). The average molecular weight is 404 g/mol. The highest BCUT2D eigenvalue weighted by Crippen LogP contribution is 2.33. The molecule has 2 aromatic carbocycles. The van der Waals surface area contributed by atoms with Crippen molar-refractivity contribution in [3.8, 4) is 11.5 Å². The van der Waals surface area contributed by atoms with Gasteiger partial charge in [-0.2, -0.15) is 0 Å². The van der Waals surface area contributed by atoms with Crippen molar-refractivity contribution < 1.29 is 22.7 Å². The predicted octanol–water partition coefficient (Wildman–Crippen LogP) is 2.32. The van der Waals surface area contributed by atoms with Crippen molar-refractivity contribution in [1.82, 2.24) is 5.32 Å². The molecule has 1 N–H and O–H groups in total. The largest absolute Gasteiger partial charge is 0.494 e. The third-order valence-electron chi connectivity index (χ3n) is 4.39. The maximum absolute atomic E-state index is 12.6. The van der Waals surface area contributed by atoms with Crippen molar-refractivity contribution in [2.75, 3.05) is 23.7 Å². The minimum atomic E-state index is -3.47. The number of nitrogens with zero attached hydrogens (tertiary/aromatic N) is 1. The lowest BCUT2D eigenvalue weighted by atomic mass is 10.2. The van der Waals surface area contributed by atoms with Crippen molar-refractivity contribution in [3.05, 3.63) is 54.1 Å². The van der Waals surface area contributed by atoms with E-state index in [1.54, 1.807) is 24.3 Å². The van der Waals surface area contributed by atoms with E-state index in [-0.39, 0.29) is 18.9 Å². The molecular weight excluding hydrogens is 380 g/mol. The molecule has 8 heteroatoms. The Balaban J connectivity index is 1.68. The quantitative estimate of drug-likeness (QED) is 0.799. The average Bonchev–Trinajstić information content (AvgIpc) is 2.87. The third kappa shape index (κ3) is 4.75. The third-order valence-corrected chi connectivity index (χ3v) is 5.57. The molecule has 0 spiro atoms. The molecule has 2 aromatic rings. The zero-order valence-electron chi connectivity index (χ0n) is 15.9. The van der Waals surface area contributed by atoms with Crippen LogP contribution >= 0.6 is 0 Å². The van der Waals surface area contributed by atoms with Gasteiger partial charge in [0.1, 0.15) is 11.5 Å². The molecule has 150 valence electrons. The van der Waals surface area contributed by atoms with Crippen LogP contribution in [0.4, 0.5) is 5.69 Å². The van der Waals surface area contributed by atoms with Crippen LogP contribution in [0.1, 0.15) is 18.9 Å². The van der Waals surface area contributed by atoms with E-state index in [9.17, 15) is 13.2 Å². The standard InChI is InChI=1S/C20H24N2O5S/c1-3-26-16-10-8-15(9-11-16)14-21-20(23)19-12-13-22(28(2,24)25)17-6-4-5-7-18(17)27-19/h4-11,19H,3,12-14H2,1-2H3,(H,21,23)/t19-/m1/s1. The van der Waals surface area contributed by atoms with Gasteiger partial charge in [-0.15, -0.1) is 0 Å². The Labute approximate surface area is 165 Å². The predicted molar refractivity (Wildman–Crippen MR) is 107 cm³/mol. The lowest BCUT2D eigenvalue weighted by molar-refractivity contribution is -0.128. The molecular formula is C20H24N2O5S. The number of nitrogens with one attached hydrogen (secondary N) is 1. The molecule has 28 heavy (non-hydrogen) atoms. The number of para-hydroxylation sites is 2. The monoisotopic (exact) mass is 404 g/mol. The maximum Gasteiger partial charge on any atom is 0.261 e. The first-order valence-corrected chi connectivity index (χ1v) is 11.0. The Hall–Kier alpha value is -2.74. The number of rotatable bonds is 6. The molecule has 0 aromatic heterocycles. The molecule has 0 unspecified atom stereocenters. The van der Waals surface area contributed by atoms with Gasteiger partial charge in [-0.05, 0) is 36.8 Å². The Morgan fingerprint density at radius 1 is 1.21 bits per heavy atom. The molecule has 0 radical (unpaired) electrons. The van der Waals surface area contributed by atoms with Crippen LogP contribution in [0.2, 0.25) is 0 Å². The highest BCUT2D eigenvalue weighted by Gasteiger charge is 2.30. The number of hydrogen-bond acceptors (Lipinski definition) is 5. The lowest BCUT2D eigenvalue weighted by Gasteiger charge is -2.20. The number of anilines is 1. The van der Waals surface area contributed by atoms with Gasteiger partial charge in [-0.3, -0.25) is 9.10 Å². The van der Waals surface area contributed by atoms with Crippen LogP contribution < -0.4 is 19.1 Å². The van der Waals surface area contributed by atoms with E-state index >= 15 is 0 Å². The highest BCUT2D eigenvalue weighted by molar-refractivity contribution is 7.92. The summed E-state index contributed by atoms with van der Waals surface area (Å²) in [5.74, 6) is 0.882. The van der Waals surface area contributed by atoms with Gasteiger partial charge in [-0.25, -0.2) is 8.42 Å². The van der Waals surface area contributed by atoms with Crippen molar-refractivity contribution in [2.24, 2.45) is 0 Å². The van der Waals surface area contributed by atoms with Gasteiger partial charge in [0.25, 0.3) is 5.91 Å². The first kappa shape index (κ1) is 20.0. The van der Waals surface area contributed by atoms with Crippen LogP contribution in [0.5, 0.6) is 11.5 Å². The van der Waals surface area contributed by atoms with Gasteiger partial charge in [0.2, 0.25) is 10.0 Å². The zero-order chi connectivity index (χ0) is 20.1. The maximum atomic E-state index is 12.6. The number of fused-ring (bicyclic) bond motifs is 1. The second-order valence-corrected chi connectivity index (χ2v) is 8.40. The molecule has 1 aliphatic rings. The first-order chi connectivity index (χ1) is 13.4. The minimum Gasteiger partial charge on any atom is -0.494 e. The summed E-state index contributed by atoms with van der Waals surface area (Å²) < 4.78 is 36.8. The van der Waals surface area contributed by atoms with Crippen LogP contribution in [0.25, 0.3) is 0 Å². The number of amides is 1. The molecule has 1 heterocycles. The fourth-order valence-electron chi connectivity index (χ4n) is 3.03. The SMILES string of the molecule is CCOc1ccc(CNC(=O)[C@H]2CCN(S(C)(=O)=O)c3ccccc3O2)cc1. The topological polar surface area (TPSA) is 84.9 Å². The Morgan fingerprint density at radius 3 is 2.61 bits per heavy atom. The summed E-state index contributed by atoms with van der Waals surface area (Å²) in [6.45, 7) is 3.05. The molecule has 0 fully saturated rings. The normalized spacial score (nSPS) is 16.5. The van der Waals surface area contributed by atoms with Gasteiger partial charge in [0, 0.05) is 19.5 Å². The van der Waals surface area contributed by atoms with Gasteiger partial charge >= 0.3 is 0 Å². The van der Waals surface area contributed by atoms with Crippen LogP contribution in [-0.4, -0.2) is 39.8 Å². The van der Waals surface area contributed by atoms with E-state index in [2.05, 4.69) is 5.32 Å². The second-order valence-electron chi connectivity index (χ2n) is 6.49. The van der Waals surface area contributed by atoms with E-state index in [1.165, 1.54) is 4.31 Å². The fraction of sp³-hybridized carbons (Fsp3) is 0.350. The first-order valence-electron chi connectivity index (χ1n) is 9.11. The molecule has 0 saturated heterocycles. The highest BCUT2D eigenvalue weighted by atomic mass is 32.2. The summed E-state index contributed by atoms with van der Waals surface area (Å²) in [6, 6.07) is 14.3. The summed E-state index contributed by atoms with van der Waals surface area (Å²) in [5.41, 5.74) is 1.38. The molecule has 1 aliphatic heterocycles. The summed E-state index contributed by atoms with van der Waals surface area (Å²) in [6.07, 6.45) is 0.642. The van der Waals surface area contributed by atoms with E-state index < -0.39 is 16.1 Å². The van der Waals surface area contributed by atoms with E-state index in [4.69, 9.17) is 9.47 Å². The summed E-state index contributed by atoms with van der Waals surface area (Å²) >= 11 is 0. The Morgan fingerprint density at radius 2 is 1.93 bits per heavy atom. The zero-order valence-corrected chi connectivity index (χ0v) is 16.7. The summed E-state index contributed by atoms with van der Waals surface area (Å²) in [4.78, 5) is 12.6. The molecule has 0 saturated carbocycles. The molecule has 0 aliphatic carbocycles. The molecule has 7 nitrogen and oxygen atoms in total. The molecule has 0 bridgehead atoms. The van der Waals surface area contributed by atoms with Gasteiger partial charge in [-0.1, -0.05) is 24.3 Å². The number of hydrogen-bond donors (Lipinski definition) is 1. The lowest BCUT2D eigenvalue weighted by Crippen LogP contribution is -2.39. The van der Waals surface area contributed by atoms with Gasteiger partial charge in [0.05, 0.1) is 18.6 Å². The van der Waals surface area contributed by atoms with E-state index in [0.717, 1.165) is 17.6 Å². The fourth-order valence-corrected chi connectivity index (χ4v) is 3.98. The second kappa shape index (κ2) is 8.52. The van der Waals surface area contributed by atoms with Crippen LogP contribution in [0.15, 0.2) is 48.5 Å². The molecule has 1 atom stereocenters. The number of carbonyl (C=O) groups is 1. The molecule has 1 amide bonds. The Bertz CT molecular complexity index is 928. The smallest absolute Gasteiger partial charge is 0.261 e. The van der Waals surface area contributed by atoms with E-state index in [1.807, 2.05) is 31.2 Å². The van der Waals surface area contributed by atoms with Crippen molar-refractivity contribution in [1.29, 1.82) is 0 Å². The van der Waals surface area contributed by atoms with Gasteiger partial charge in [0.15, 0.2) is 6.10 Å². The number of benzene rings is 2. The summed E-state index contributed by atoms with van der Waals surface area (Å²) in [7, 11) is -3.47. The van der Waals surface area contributed by atoms with Crippen molar-refractivity contribution in [3.63, 3.8) is 0 Å². The number of ether oxygens (including phenoxy) is 2. The number of sulfonamides is 1. The number of carbonyl (C=O) groups excluding carboxylic acids is 1. The van der Waals surface area contributed by atoms with Gasteiger partial charge < -0.3 is 14.8 Å². The van der Waals surface area contributed by atoms with Crippen molar-refractivity contribution >= 4 is 21.6 Å². The van der Waals surface area contributed by atoms with Crippen LogP contribution in [0, 0.1) is 0 Å². The van der Waals surface area contributed by atoms with E-state index in [0.29, 0.717) is 24.6 Å². The van der Waals surface area contributed by atoms with Crippen molar-refractivity contribution in [2.45, 2.75) is 26.0 Å². The summed E-state index contributed by atoms with van der Waals surface area (Å²) in [5, 5.41) is 2.86. The Kier molecular flexibility index (Phi) is 6.08. The minimum absolute atomic E-state index is 0.178. The van der Waals surface area contributed by atoms with Crippen LogP contribution in [0.3, 0.4) is 0 Å².